The predicted octanol–water partition coefficient (Wildman–Crippen LogP) is -1.02. The van der Waals surface area contributed by atoms with Gasteiger partial charge in [0.15, 0.2) is 0 Å². The molecule has 0 saturated heterocycles. The van der Waals surface area contributed by atoms with Crippen molar-refractivity contribution in [3.63, 3.8) is 0 Å². The second-order valence-electron chi connectivity index (χ2n) is 2.58. The zero-order chi connectivity index (χ0) is 15.5. The molecular formula is C9H12EuO9. The van der Waals surface area contributed by atoms with Gasteiger partial charge < -0.3 is 15.3 Å². The summed E-state index contributed by atoms with van der Waals surface area (Å²) in [5, 5.41) is 22.9. The molecule has 19 heavy (non-hydrogen) atoms. The molecule has 10 heteroatoms. The molecule has 0 unspecified atom stereocenters. The van der Waals surface area contributed by atoms with Gasteiger partial charge in [0.05, 0.1) is 0 Å². The van der Waals surface area contributed by atoms with Crippen molar-refractivity contribution >= 4 is 35.3 Å². The van der Waals surface area contributed by atoms with Gasteiger partial charge >= 0.3 is 17.9 Å². The molecule has 1 radical (unpaired) electrons. The van der Waals surface area contributed by atoms with Crippen molar-refractivity contribution in [2.45, 2.75) is 20.8 Å². The first-order chi connectivity index (χ1) is 7.93. The third-order valence-electron chi connectivity index (χ3n) is 0.904. The minimum atomic E-state index is -1.38. The number of hydrogen-bond donors (Lipinski definition) is 3. The van der Waals surface area contributed by atoms with Crippen LogP contribution in [0.2, 0.25) is 0 Å². The Balaban J connectivity index is -0.0000000865. The van der Waals surface area contributed by atoms with Gasteiger partial charge in [-0.2, -0.15) is 0 Å². The van der Waals surface area contributed by atoms with Crippen molar-refractivity contribution in [2.24, 2.45) is 0 Å². The zero-order valence-electron chi connectivity index (χ0n) is 10.2. The van der Waals surface area contributed by atoms with Gasteiger partial charge in [-0.05, 0) is 0 Å². The van der Waals surface area contributed by atoms with Gasteiger partial charge in [-0.25, -0.2) is 14.4 Å². The average Bonchev–Trinajstić information content (AvgIpc) is 2.18. The van der Waals surface area contributed by atoms with E-state index in [0.717, 1.165) is 20.8 Å². The normalized spacial score (nSPS) is 7.11. The molecule has 0 aliphatic rings. The summed E-state index contributed by atoms with van der Waals surface area (Å²) in [4.78, 5) is 56.7. The minimum absolute atomic E-state index is 0. The van der Waals surface area contributed by atoms with Crippen LogP contribution in [0.25, 0.3) is 0 Å². The Kier molecular flexibility index (Phi) is 21.0. The van der Waals surface area contributed by atoms with E-state index in [4.69, 9.17) is 15.3 Å². The number of carbonyl (C=O) groups is 6. The van der Waals surface area contributed by atoms with Gasteiger partial charge in [-0.3, -0.25) is 14.4 Å². The molecule has 0 aliphatic carbocycles. The van der Waals surface area contributed by atoms with Crippen LogP contribution in [0, 0.1) is 49.4 Å². The summed E-state index contributed by atoms with van der Waals surface area (Å²) >= 11 is 0. The topological polar surface area (TPSA) is 163 Å². The van der Waals surface area contributed by atoms with Crippen LogP contribution >= 0.6 is 0 Å². The Morgan fingerprint density at radius 2 is 0.579 bits per heavy atom. The Labute approximate surface area is 148 Å². The maximum Gasteiger partial charge on any atom is 0.371 e. The summed E-state index contributed by atoms with van der Waals surface area (Å²) in [7, 11) is 0. The van der Waals surface area contributed by atoms with Crippen LogP contribution in [-0.4, -0.2) is 50.6 Å². The Morgan fingerprint density at radius 3 is 0.579 bits per heavy atom. The van der Waals surface area contributed by atoms with E-state index in [9.17, 15) is 28.8 Å². The predicted molar refractivity (Wildman–Crippen MR) is 55.0 cm³/mol. The van der Waals surface area contributed by atoms with Crippen molar-refractivity contribution in [3.8, 4) is 0 Å². The number of carbonyl (C=O) groups excluding carboxylic acids is 3. The number of aliphatic carboxylic acids is 3. The molecule has 0 atom stereocenters. The molecule has 0 rings (SSSR count). The van der Waals surface area contributed by atoms with Crippen molar-refractivity contribution in [3.05, 3.63) is 0 Å². The molecule has 0 bridgehead atoms. The Hall–Kier alpha value is -0.996. The van der Waals surface area contributed by atoms with Crippen molar-refractivity contribution in [2.75, 3.05) is 0 Å². The van der Waals surface area contributed by atoms with Crippen LogP contribution in [0.3, 0.4) is 0 Å². The Morgan fingerprint density at radius 1 is 0.526 bits per heavy atom. The average molecular weight is 416 g/mol. The molecule has 0 saturated carbocycles. The van der Waals surface area contributed by atoms with Crippen LogP contribution in [0.15, 0.2) is 0 Å². The molecule has 0 fully saturated rings. The summed E-state index contributed by atoms with van der Waals surface area (Å²) in [6.07, 6.45) is 0. The monoisotopic (exact) mass is 417 g/mol. The molecule has 0 aromatic carbocycles. The molecule has 0 heterocycles. The van der Waals surface area contributed by atoms with Crippen LogP contribution in [-0.2, 0) is 28.8 Å². The van der Waals surface area contributed by atoms with E-state index in [1.54, 1.807) is 0 Å². The van der Waals surface area contributed by atoms with E-state index in [1.165, 1.54) is 0 Å². The van der Waals surface area contributed by atoms with E-state index in [2.05, 4.69) is 0 Å². The van der Waals surface area contributed by atoms with Gasteiger partial charge in [0.25, 0.3) is 0 Å². The van der Waals surface area contributed by atoms with E-state index in [1.807, 2.05) is 0 Å². The van der Waals surface area contributed by atoms with Crippen LogP contribution < -0.4 is 0 Å². The fourth-order valence-electron chi connectivity index (χ4n) is 0. The first kappa shape index (κ1) is 26.5. The number of hydrogen-bond acceptors (Lipinski definition) is 6. The van der Waals surface area contributed by atoms with Gasteiger partial charge in [0, 0.05) is 70.1 Å². The van der Waals surface area contributed by atoms with E-state index in [-0.39, 0.29) is 49.4 Å². The largest absolute Gasteiger partial charge is 0.476 e. The smallest absolute Gasteiger partial charge is 0.371 e. The summed E-state index contributed by atoms with van der Waals surface area (Å²) < 4.78 is 0. The third-order valence-corrected chi connectivity index (χ3v) is 0.904. The first-order valence-electron chi connectivity index (χ1n) is 4.15. The Bertz CT molecular complexity index is 279. The molecule has 0 aromatic rings. The van der Waals surface area contributed by atoms with Crippen LogP contribution in [0.1, 0.15) is 20.8 Å². The third kappa shape index (κ3) is 31.6. The number of carboxylic acid groups (broad SMARTS) is 3. The summed E-state index contributed by atoms with van der Waals surface area (Å²) in [5.74, 6) is -6.61. The van der Waals surface area contributed by atoms with E-state index in [0.29, 0.717) is 0 Å². The SMILES string of the molecule is CC(=O)C(=O)O.CC(=O)C(=O)O.CC(=O)C(=O)O.[Eu]. The number of ketones is 3. The number of carboxylic acids is 3. The van der Waals surface area contributed by atoms with Gasteiger partial charge in [-0.15, -0.1) is 0 Å². The van der Waals surface area contributed by atoms with Gasteiger partial charge in [-0.1, -0.05) is 0 Å². The molecular weight excluding hydrogens is 404 g/mol. The second-order valence-corrected chi connectivity index (χ2v) is 2.58. The molecule has 0 aliphatic heterocycles. The quantitative estimate of drug-likeness (QED) is 0.489. The molecule has 109 valence electrons. The zero-order valence-corrected chi connectivity index (χ0v) is 12.6. The van der Waals surface area contributed by atoms with Gasteiger partial charge in [0.2, 0.25) is 17.3 Å². The van der Waals surface area contributed by atoms with Gasteiger partial charge in [0.1, 0.15) is 0 Å². The molecule has 3 N–H and O–H groups in total. The standard InChI is InChI=1S/3C3H4O3.Eu/c3*1-2(4)3(5)6;/h3*1H3,(H,5,6);. The fourth-order valence-corrected chi connectivity index (χ4v) is 0. The summed E-state index contributed by atoms with van der Waals surface area (Å²) in [5.41, 5.74) is 0. The van der Waals surface area contributed by atoms with Crippen molar-refractivity contribution in [1.82, 2.24) is 0 Å². The van der Waals surface area contributed by atoms with E-state index >= 15 is 0 Å². The molecule has 0 amide bonds. The number of Topliss-reactive ketones (excluding diaryl/α,β-unsaturated/α-hetero) is 3. The van der Waals surface area contributed by atoms with Crippen molar-refractivity contribution in [1.29, 1.82) is 0 Å². The molecule has 9 nitrogen and oxygen atoms in total. The maximum atomic E-state index is 9.54. The molecule has 0 spiro atoms. The maximum absolute atomic E-state index is 9.54. The fraction of sp³-hybridized carbons (Fsp3) is 0.333. The van der Waals surface area contributed by atoms with Crippen LogP contribution in [0.5, 0.6) is 0 Å². The summed E-state index contributed by atoms with van der Waals surface area (Å²) in [6.45, 7) is 3.01. The second kappa shape index (κ2) is 15.1. The van der Waals surface area contributed by atoms with E-state index < -0.39 is 35.3 Å². The summed E-state index contributed by atoms with van der Waals surface area (Å²) in [6, 6.07) is 0. The minimum Gasteiger partial charge on any atom is -0.476 e. The molecule has 0 aromatic heterocycles. The number of rotatable bonds is 3. The van der Waals surface area contributed by atoms with Crippen LogP contribution in [0.4, 0.5) is 0 Å². The first-order valence-corrected chi connectivity index (χ1v) is 4.15. The van der Waals surface area contributed by atoms with Crippen molar-refractivity contribution < 1.29 is 93.5 Å².